The average Bonchev–Trinajstić information content (AvgIpc) is 2.90. The number of nitro groups is 1. The largest absolute Gasteiger partial charge is 0.508 e. The monoisotopic (exact) mass is 384 g/mol. The molecular formula is C18H12N2O4S2. The van der Waals surface area contributed by atoms with Gasteiger partial charge in [-0.25, -0.2) is 0 Å². The number of phenolic OH excluding ortho intramolecular Hbond substituents is 1. The maximum absolute atomic E-state index is 12.6. The van der Waals surface area contributed by atoms with Gasteiger partial charge in [0.05, 0.1) is 21.1 Å². The van der Waals surface area contributed by atoms with Crippen molar-refractivity contribution in [2.24, 2.45) is 0 Å². The number of thioether (sulfide) groups is 1. The molecule has 0 spiro atoms. The fraction of sp³-hybridized carbons (Fsp3) is 0. The van der Waals surface area contributed by atoms with Crippen molar-refractivity contribution >= 4 is 51.7 Å². The van der Waals surface area contributed by atoms with Gasteiger partial charge in [0.2, 0.25) is 0 Å². The summed E-state index contributed by atoms with van der Waals surface area (Å²) >= 11 is 6.41. The fourth-order valence-electron chi connectivity index (χ4n) is 2.34. The first-order valence-electron chi connectivity index (χ1n) is 7.44. The van der Waals surface area contributed by atoms with E-state index in [1.807, 2.05) is 0 Å². The molecule has 26 heavy (non-hydrogen) atoms. The topological polar surface area (TPSA) is 83.7 Å². The molecule has 0 atom stereocenters. The Morgan fingerprint density at radius 1 is 1.15 bits per heavy atom. The molecule has 0 unspecified atom stereocenters. The molecule has 0 aromatic heterocycles. The number of hydrogen-bond acceptors (Lipinski definition) is 6. The molecule has 8 heteroatoms. The molecule has 3 rings (SSSR count). The Morgan fingerprint density at radius 2 is 1.85 bits per heavy atom. The minimum atomic E-state index is -0.454. The van der Waals surface area contributed by atoms with Gasteiger partial charge in [-0.1, -0.05) is 42.2 Å². The van der Waals surface area contributed by atoms with Gasteiger partial charge in [-0.15, -0.1) is 0 Å². The Kier molecular flexibility index (Phi) is 5.15. The molecule has 0 radical (unpaired) electrons. The number of anilines is 1. The number of hydrogen-bond donors (Lipinski definition) is 1. The summed E-state index contributed by atoms with van der Waals surface area (Å²) in [6.45, 7) is 0. The van der Waals surface area contributed by atoms with Crippen molar-refractivity contribution in [3.05, 3.63) is 81.3 Å². The number of nitrogens with zero attached hydrogens (tertiary/aromatic N) is 2. The quantitative estimate of drug-likeness (QED) is 0.367. The van der Waals surface area contributed by atoms with Crippen molar-refractivity contribution in [1.29, 1.82) is 0 Å². The van der Waals surface area contributed by atoms with Crippen molar-refractivity contribution in [2.75, 3.05) is 4.90 Å². The maximum Gasteiger partial charge on any atom is 0.276 e. The third-order valence-corrected chi connectivity index (χ3v) is 4.88. The van der Waals surface area contributed by atoms with Crippen molar-refractivity contribution in [2.45, 2.75) is 0 Å². The summed E-state index contributed by atoms with van der Waals surface area (Å²) in [7, 11) is 0. The van der Waals surface area contributed by atoms with Gasteiger partial charge in [-0.2, -0.15) is 0 Å². The molecule has 1 heterocycles. The van der Waals surface area contributed by atoms with E-state index in [-0.39, 0.29) is 17.3 Å². The lowest BCUT2D eigenvalue weighted by molar-refractivity contribution is -0.385. The number of thiocarbonyl (C=S) groups is 1. The zero-order valence-corrected chi connectivity index (χ0v) is 14.9. The van der Waals surface area contributed by atoms with Crippen molar-refractivity contribution in [3.8, 4) is 5.75 Å². The summed E-state index contributed by atoms with van der Waals surface area (Å²) in [6, 6.07) is 12.5. The average molecular weight is 384 g/mol. The number of amides is 1. The van der Waals surface area contributed by atoms with Crippen molar-refractivity contribution < 1.29 is 14.8 Å². The molecule has 130 valence electrons. The predicted octanol–water partition coefficient (Wildman–Crippen LogP) is 4.26. The van der Waals surface area contributed by atoms with Crippen LogP contribution in [-0.2, 0) is 4.79 Å². The lowest BCUT2D eigenvalue weighted by Gasteiger charge is -2.14. The lowest BCUT2D eigenvalue weighted by atomic mass is 10.1. The second kappa shape index (κ2) is 7.51. The minimum absolute atomic E-state index is 0.00575. The zero-order valence-electron chi connectivity index (χ0n) is 13.2. The van der Waals surface area contributed by atoms with E-state index in [4.69, 9.17) is 12.2 Å². The number of rotatable bonds is 4. The molecule has 2 aromatic rings. The van der Waals surface area contributed by atoms with Gasteiger partial charge >= 0.3 is 0 Å². The van der Waals surface area contributed by atoms with Crippen molar-refractivity contribution in [1.82, 2.24) is 0 Å². The van der Waals surface area contributed by atoms with E-state index in [1.165, 1.54) is 23.1 Å². The summed E-state index contributed by atoms with van der Waals surface area (Å²) in [6.07, 6.45) is 4.74. The van der Waals surface area contributed by atoms with E-state index in [0.29, 0.717) is 20.5 Å². The Morgan fingerprint density at radius 3 is 2.54 bits per heavy atom. The number of aromatic hydroxyl groups is 1. The van der Waals surface area contributed by atoms with Crippen LogP contribution in [0.15, 0.2) is 65.6 Å². The zero-order chi connectivity index (χ0) is 18.7. The fourth-order valence-corrected chi connectivity index (χ4v) is 3.59. The van der Waals surface area contributed by atoms with Gasteiger partial charge in [0.25, 0.3) is 11.6 Å². The van der Waals surface area contributed by atoms with Crippen LogP contribution in [0.4, 0.5) is 11.4 Å². The summed E-state index contributed by atoms with van der Waals surface area (Å²) in [5.74, 6) is -0.181. The number of phenols is 1. The third kappa shape index (κ3) is 3.66. The molecule has 1 aliphatic heterocycles. The van der Waals surface area contributed by atoms with E-state index in [1.54, 1.807) is 48.6 Å². The van der Waals surface area contributed by atoms with Crippen LogP contribution >= 0.6 is 24.0 Å². The first-order valence-corrected chi connectivity index (χ1v) is 8.67. The highest BCUT2D eigenvalue weighted by molar-refractivity contribution is 8.27. The van der Waals surface area contributed by atoms with Gasteiger partial charge in [-0.3, -0.25) is 19.8 Å². The SMILES string of the molecule is O=C1C(=CC=Cc2ccccc2[N+](=O)[O-])SC(=S)N1c1ccc(O)cc1. The first kappa shape index (κ1) is 17.8. The normalized spacial score (nSPS) is 16.0. The van der Waals surface area contributed by atoms with Crippen LogP contribution in [0.3, 0.4) is 0 Å². The van der Waals surface area contributed by atoms with Gasteiger partial charge in [0.15, 0.2) is 4.32 Å². The highest BCUT2D eigenvalue weighted by Crippen LogP contribution is 2.35. The van der Waals surface area contributed by atoms with E-state index >= 15 is 0 Å². The van der Waals surface area contributed by atoms with Crippen LogP contribution in [0.1, 0.15) is 5.56 Å². The number of allylic oxidation sites excluding steroid dienone is 2. The van der Waals surface area contributed by atoms with Gasteiger partial charge in [0, 0.05) is 6.07 Å². The standard InChI is InChI=1S/C18H12N2O4S2/c21-14-10-8-13(9-11-14)19-17(22)16(26-18(19)25)7-3-5-12-4-1-2-6-15(12)20(23)24/h1-11,21H. The van der Waals surface area contributed by atoms with Crippen LogP contribution in [0.25, 0.3) is 6.08 Å². The highest BCUT2D eigenvalue weighted by atomic mass is 32.2. The number of para-hydroxylation sites is 1. The molecule has 1 fully saturated rings. The minimum Gasteiger partial charge on any atom is -0.508 e. The molecular weight excluding hydrogens is 372 g/mol. The molecule has 6 nitrogen and oxygen atoms in total. The van der Waals surface area contributed by atoms with Gasteiger partial charge in [0.1, 0.15) is 5.75 Å². The summed E-state index contributed by atoms with van der Waals surface area (Å²) in [5.41, 5.74) is 1.01. The predicted molar refractivity (Wildman–Crippen MR) is 106 cm³/mol. The Bertz CT molecular complexity index is 952. The van der Waals surface area contributed by atoms with E-state index in [0.717, 1.165) is 11.8 Å². The molecule has 0 saturated carbocycles. The lowest BCUT2D eigenvalue weighted by Crippen LogP contribution is -2.27. The van der Waals surface area contributed by atoms with Crippen LogP contribution in [0.2, 0.25) is 0 Å². The second-order valence-corrected chi connectivity index (χ2v) is 6.91. The number of carbonyl (C=O) groups is 1. The summed E-state index contributed by atoms with van der Waals surface area (Å²) in [5, 5.41) is 20.4. The van der Waals surface area contributed by atoms with Crippen molar-refractivity contribution in [3.63, 3.8) is 0 Å². The molecule has 1 saturated heterocycles. The van der Waals surface area contributed by atoms with E-state index < -0.39 is 4.92 Å². The molecule has 2 aromatic carbocycles. The molecule has 0 bridgehead atoms. The first-order chi connectivity index (χ1) is 12.5. The number of benzene rings is 2. The molecule has 0 aliphatic carbocycles. The van der Waals surface area contributed by atoms with Crippen LogP contribution < -0.4 is 4.90 Å². The summed E-state index contributed by atoms with van der Waals surface area (Å²) < 4.78 is 0.381. The number of carbonyl (C=O) groups excluding carboxylic acids is 1. The molecule has 1 aliphatic rings. The molecule has 1 N–H and O–H groups in total. The molecule has 1 amide bonds. The number of nitro benzene ring substituents is 1. The third-order valence-electron chi connectivity index (χ3n) is 3.56. The van der Waals surface area contributed by atoms with Crippen LogP contribution in [0.5, 0.6) is 5.75 Å². The Labute approximate surface area is 158 Å². The van der Waals surface area contributed by atoms with Crippen LogP contribution in [-0.4, -0.2) is 20.3 Å². The maximum atomic E-state index is 12.6. The second-order valence-electron chi connectivity index (χ2n) is 5.23. The Balaban J connectivity index is 1.82. The van der Waals surface area contributed by atoms with Gasteiger partial charge < -0.3 is 5.11 Å². The van der Waals surface area contributed by atoms with Gasteiger partial charge in [-0.05, 0) is 42.5 Å². The smallest absolute Gasteiger partial charge is 0.276 e. The van der Waals surface area contributed by atoms with Crippen LogP contribution in [0, 0.1) is 10.1 Å². The highest BCUT2D eigenvalue weighted by Gasteiger charge is 2.32. The van der Waals surface area contributed by atoms with E-state index in [9.17, 15) is 20.0 Å². The Hall–Kier alpha value is -2.97. The van der Waals surface area contributed by atoms with E-state index in [2.05, 4.69) is 0 Å². The summed E-state index contributed by atoms with van der Waals surface area (Å²) in [4.78, 5) is 24.9.